The van der Waals surface area contributed by atoms with Crippen LogP contribution in [-0.2, 0) is 16.0 Å². The molecule has 1 atom stereocenters. The van der Waals surface area contributed by atoms with Gasteiger partial charge in [-0.2, -0.15) is 0 Å². The summed E-state index contributed by atoms with van der Waals surface area (Å²) in [5, 5.41) is 0. The summed E-state index contributed by atoms with van der Waals surface area (Å²) < 4.78 is 0. The van der Waals surface area contributed by atoms with Gasteiger partial charge in [-0.3, -0.25) is 9.59 Å². The molecule has 2 aromatic rings. The van der Waals surface area contributed by atoms with Crippen molar-refractivity contribution < 1.29 is 9.59 Å². The number of rotatable bonds is 3. The predicted molar refractivity (Wildman–Crippen MR) is 85.7 cm³/mol. The van der Waals surface area contributed by atoms with Crippen LogP contribution >= 0.6 is 0 Å². The van der Waals surface area contributed by atoms with Crippen LogP contribution in [0.3, 0.4) is 0 Å². The van der Waals surface area contributed by atoms with Gasteiger partial charge in [0.25, 0.3) is 0 Å². The molecule has 23 heavy (non-hydrogen) atoms. The van der Waals surface area contributed by atoms with Crippen molar-refractivity contribution in [2.45, 2.75) is 31.7 Å². The van der Waals surface area contributed by atoms with Gasteiger partial charge in [-0.05, 0) is 18.6 Å². The summed E-state index contributed by atoms with van der Waals surface area (Å²) in [6, 6.07) is 8.11. The fourth-order valence-corrected chi connectivity index (χ4v) is 3.60. The highest BCUT2D eigenvalue weighted by Gasteiger charge is 2.36. The van der Waals surface area contributed by atoms with E-state index in [-0.39, 0.29) is 17.9 Å². The molecule has 120 valence electrons. The first-order valence-corrected chi connectivity index (χ1v) is 8.21. The molecular weight excluding hydrogens is 292 g/mol. The lowest BCUT2D eigenvalue weighted by atomic mass is 10.1. The largest absolute Gasteiger partial charge is 0.342 e. The van der Waals surface area contributed by atoms with E-state index >= 15 is 0 Å². The first-order chi connectivity index (χ1) is 11.2. The van der Waals surface area contributed by atoms with E-state index in [0.717, 1.165) is 23.3 Å². The average Bonchev–Trinajstić information content (AvgIpc) is 3.15. The number of imidazole rings is 1. The van der Waals surface area contributed by atoms with Gasteiger partial charge in [-0.25, -0.2) is 4.98 Å². The number of aromatic nitrogens is 2. The molecule has 2 amide bonds. The molecule has 2 fully saturated rings. The Balaban J connectivity index is 1.36. The van der Waals surface area contributed by atoms with Gasteiger partial charge in [0.2, 0.25) is 11.8 Å². The number of nitrogens with one attached hydrogen (secondary N) is 1. The van der Waals surface area contributed by atoms with Gasteiger partial charge in [0, 0.05) is 44.9 Å². The van der Waals surface area contributed by atoms with Crippen LogP contribution in [0, 0.1) is 0 Å². The van der Waals surface area contributed by atoms with Crippen LogP contribution in [0.4, 0.5) is 0 Å². The number of amides is 2. The molecule has 0 spiro atoms. The van der Waals surface area contributed by atoms with Crippen molar-refractivity contribution in [2.75, 3.05) is 19.6 Å². The second-order valence-corrected chi connectivity index (χ2v) is 6.32. The highest BCUT2D eigenvalue weighted by molar-refractivity contribution is 5.81. The SMILES string of the molecule is O=C(CCc1nc2ccccc2[nH]1)N1CCN2C(=O)CCC2C1. The van der Waals surface area contributed by atoms with Crippen LogP contribution < -0.4 is 0 Å². The number of nitrogens with zero attached hydrogens (tertiary/aromatic N) is 3. The number of para-hydroxylation sites is 2. The Hall–Kier alpha value is -2.37. The Morgan fingerprint density at radius 3 is 3.04 bits per heavy atom. The molecule has 0 bridgehead atoms. The zero-order valence-corrected chi connectivity index (χ0v) is 13.0. The number of carbonyl (C=O) groups excluding carboxylic acids is 2. The van der Waals surface area contributed by atoms with Crippen LogP contribution in [0.15, 0.2) is 24.3 Å². The fraction of sp³-hybridized carbons (Fsp3) is 0.471. The maximum atomic E-state index is 12.4. The van der Waals surface area contributed by atoms with Crippen molar-refractivity contribution in [2.24, 2.45) is 0 Å². The lowest BCUT2D eigenvalue weighted by molar-refractivity contribution is -0.139. The number of fused-ring (bicyclic) bond motifs is 2. The number of hydrogen-bond acceptors (Lipinski definition) is 3. The quantitative estimate of drug-likeness (QED) is 0.929. The average molecular weight is 312 g/mol. The summed E-state index contributed by atoms with van der Waals surface area (Å²) in [6.45, 7) is 2.02. The molecule has 0 radical (unpaired) electrons. The van der Waals surface area contributed by atoms with Crippen LogP contribution in [-0.4, -0.2) is 57.3 Å². The molecule has 1 N–H and O–H groups in total. The Morgan fingerprint density at radius 2 is 2.17 bits per heavy atom. The predicted octanol–water partition coefficient (Wildman–Crippen LogP) is 1.33. The van der Waals surface area contributed by atoms with Gasteiger partial charge in [0.1, 0.15) is 5.82 Å². The van der Waals surface area contributed by atoms with Gasteiger partial charge in [-0.15, -0.1) is 0 Å². The standard InChI is InChI=1S/C17H20N4O2/c22-16(20-9-10-21-12(11-20)5-7-17(21)23)8-6-15-18-13-3-1-2-4-14(13)19-15/h1-4,12H,5-11H2,(H,18,19). The normalized spacial score (nSPS) is 21.0. The van der Waals surface area contributed by atoms with Crippen molar-refractivity contribution >= 4 is 22.8 Å². The summed E-state index contributed by atoms with van der Waals surface area (Å²) in [6.07, 6.45) is 2.59. The van der Waals surface area contributed by atoms with Gasteiger partial charge in [0.15, 0.2) is 0 Å². The smallest absolute Gasteiger partial charge is 0.223 e. The third kappa shape index (κ3) is 2.69. The number of carbonyl (C=O) groups is 2. The maximum absolute atomic E-state index is 12.4. The van der Waals surface area contributed by atoms with Crippen LogP contribution in [0.1, 0.15) is 25.1 Å². The Morgan fingerprint density at radius 1 is 1.30 bits per heavy atom. The first-order valence-electron chi connectivity index (χ1n) is 8.21. The van der Waals surface area contributed by atoms with Crippen molar-refractivity contribution in [3.63, 3.8) is 0 Å². The topological polar surface area (TPSA) is 69.3 Å². The number of benzene rings is 1. The molecular formula is C17H20N4O2. The Kier molecular flexibility index (Phi) is 3.52. The lowest BCUT2D eigenvalue weighted by Gasteiger charge is -2.37. The monoisotopic (exact) mass is 312 g/mol. The molecule has 0 saturated carbocycles. The summed E-state index contributed by atoms with van der Waals surface area (Å²) in [7, 11) is 0. The first kappa shape index (κ1) is 14.2. The van der Waals surface area contributed by atoms with E-state index < -0.39 is 0 Å². The van der Waals surface area contributed by atoms with Crippen molar-refractivity contribution in [3.8, 4) is 0 Å². The summed E-state index contributed by atoms with van der Waals surface area (Å²) in [5.41, 5.74) is 1.95. The van der Waals surface area contributed by atoms with Crippen LogP contribution in [0.2, 0.25) is 0 Å². The highest BCUT2D eigenvalue weighted by atomic mass is 16.2. The van der Waals surface area contributed by atoms with Gasteiger partial charge in [0.05, 0.1) is 11.0 Å². The van der Waals surface area contributed by atoms with E-state index in [1.54, 1.807) is 0 Å². The zero-order chi connectivity index (χ0) is 15.8. The molecule has 2 saturated heterocycles. The van der Waals surface area contributed by atoms with Gasteiger partial charge >= 0.3 is 0 Å². The molecule has 1 aromatic carbocycles. The Labute approximate surface area is 134 Å². The van der Waals surface area contributed by atoms with Gasteiger partial charge in [-0.1, -0.05) is 12.1 Å². The zero-order valence-electron chi connectivity index (χ0n) is 13.0. The third-order valence-corrected chi connectivity index (χ3v) is 4.86. The summed E-state index contributed by atoms with van der Waals surface area (Å²) >= 11 is 0. The summed E-state index contributed by atoms with van der Waals surface area (Å²) in [5.74, 6) is 1.25. The van der Waals surface area contributed by atoms with E-state index in [2.05, 4.69) is 9.97 Å². The molecule has 1 unspecified atom stereocenters. The van der Waals surface area contributed by atoms with E-state index in [1.807, 2.05) is 34.1 Å². The molecule has 1 aromatic heterocycles. The number of hydrogen-bond donors (Lipinski definition) is 1. The lowest BCUT2D eigenvalue weighted by Crippen LogP contribution is -2.53. The molecule has 2 aliphatic heterocycles. The van der Waals surface area contributed by atoms with E-state index in [4.69, 9.17) is 0 Å². The molecule has 4 rings (SSSR count). The fourth-order valence-electron chi connectivity index (χ4n) is 3.60. The summed E-state index contributed by atoms with van der Waals surface area (Å²) in [4.78, 5) is 35.7. The second-order valence-electron chi connectivity index (χ2n) is 6.32. The van der Waals surface area contributed by atoms with Gasteiger partial charge < -0.3 is 14.8 Å². The van der Waals surface area contributed by atoms with E-state index in [9.17, 15) is 9.59 Å². The number of H-pyrrole nitrogens is 1. The second kappa shape index (κ2) is 5.68. The molecule has 6 nitrogen and oxygen atoms in total. The van der Waals surface area contributed by atoms with E-state index in [0.29, 0.717) is 38.9 Å². The minimum Gasteiger partial charge on any atom is -0.342 e. The van der Waals surface area contributed by atoms with Crippen molar-refractivity contribution in [1.82, 2.24) is 19.8 Å². The minimum absolute atomic E-state index is 0.157. The number of aryl methyl sites for hydroxylation is 1. The van der Waals surface area contributed by atoms with Crippen LogP contribution in [0.5, 0.6) is 0 Å². The van der Waals surface area contributed by atoms with Crippen LogP contribution in [0.25, 0.3) is 11.0 Å². The van der Waals surface area contributed by atoms with Crippen molar-refractivity contribution in [3.05, 3.63) is 30.1 Å². The Bertz CT molecular complexity index is 721. The molecule has 3 heterocycles. The third-order valence-electron chi connectivity index (χ3n) is 4.86. The highest BCUT2D eigenvalue weighted by Crippen LogP contribution is 2.23. The molecule has 0 aliphatic carbocycles. The maximum Gasteiger partial charge on any atom is 0.223 e. The van der Waals surface area contributed by atoms with E-state index in [1.165, 1.54) is 0 Å². The molecule has 6 heteroatoms. The minimum atomic E-state index is 0.157. The molecule has 2 aliphatic rings. The number of aromatic amines is 1. The number of piperazine rings is 1. The van der Waals surface area contributed by atoms with Crippen molar-refractivity contribution in [1.29, 1.82) is 0 Å².